The van der Waals surface area contributed by atoms with Crippen molar-refractivity contribution in [3.8, 4) is 0 Å². The third kappa shape index (κ3) is 2.68. The zero-order valence-electron chi connectivity index (χ0n) is 9.58. The number of benzene rings is 1. The highest BCUT2D eigenvalue weighted by molar-refractivity contribution is 5.63. The van der Waals surface area contributed by atoms with Gasteiger partial charge in [-0.05, 0) is 32.4 Å². The van der Waals surface area contributed by atoms with Gasteiger partial charge in [0, 0.05) is 5.54 Å². The molecule has 0 radical (unpaired) electrons. The van der Waals surface area contributed by atoms with Crippen LogP contribution in [0.1, 0.15) is 27.2 Å². The third-order valence-electron chi connectivity index (χ3n) is 2.53. The van der Waals surface area contributed by atoms with Crippen LogP contribution in [0.3, 0.4) is 0 Å². The maximum absolute atomic E-state index is 13.3. The number of para-hydroxylation sites is 1. The molecule has 1 rings (SSSR count). The Kier molecular flexibility index (Phi) is 3.47. The zero-order valence-corrected chi connectivity index (χ0v) is 9.58. The highest BCUT2D eigenvalue weighted by Crippen LogP contribution is 2.30. The molecule has 0 fully saturated rings. The Balaban J connectivity index is 3.14. The number of hydrogen-bond donors (Lipinski definition) is 1. The van der Waals surface area contributed by atoms with E-state index in [0.29, 0.717) is 0 Å². The van der Waals surface area contributed by atoms with E-state index in [0.717, 1.165) is 12.5 Å². The fourth-order valence-corrected chi connectivity index (χ4v) is 1.25. The number of hydrogen-bond acceptors (Lipinski definition) is 3. The molecule has 88 valence electrons. The highest BCUT2D eigenvalue weighted by atomic mass is 19.1. The molecule has 0 aliphatic carbocycles. The van der Waals surface area contributed by atoms with E-state index in [1.165, 1.54) is 12.1 Å². The van der Waals surface area contributed by atoms with E-state index in [2.05, 4.69) is 5.32 Å². The molecule has 5 heteroatoms. The van der Waals surface area contributed by atoms with E-state index >= 15 is 0 Å². The van der Waals surface area contributed by atoms with Gasteiger partial charge in [0.25, 0.3) is 0 Å². The van der Waals surface area contributed by atoms with Crippen LogP contribution < -0.4 is 5.32 Å². The molecule has 0 atom stereocenters. The molecule has 0 saturated heterocycles. The third-order valence-corrected chi connectivity index (χ3v) is 2.53. The summed E-state index contributed by atoms with van der Waals surface area (Å²) in [5.41, 5.74) is -0.584. The average molecular weight is 226 g/mol. The molecule has 0 aromatic heterocycles. The molecule has 0 aliphatic heterocycles. The lowest BCUT2D eigenvalue weighted by molar-refractivity contribution is -0.386. The van der Waals surface area contributed by atoms with E-state index in [1.54, 1.807) is 0 Å². The maximum atomic E-state index is 13.3. The van der Waals surface area contributed by atoms with Crippen LogP contribution in [-0.2, 0) is 0 Å². The van der Waals surface area contributed by atoms with Crippen molar-refractivity contribution >= 4 is 11.4 Å². The van der Waals surface area contributed by atoms with E-state index in [9.17, 15) is 14.5 Å². The lowest BCUT2D eigenvalue weighted by atomic mass is 10.0. The Morgan fingerprint density at radius 1 is 1.50 bits per heavy atom. The largest absolute Gasteiger partial charge is 0.375 e. The summed E-state index contributed by atoms with van der Waals surface area (Å²) in [6, 6.07) is 4.05. The predicted octanol–water partition coefficient (Wildman–Crippen LogP) is 3.33. The van der Waals surface area contributed by atoms with Crippen LogP contribution in [0.4, 0.5) is 15.8 Å². The number of nitro groups is 1. The van der Waals surface area contributed by atoms with Gasteiger partial charge in [0.1, 0.15) is 5.69 Å². The monoisotopic (exact) mass is 226 g/mol. The van der Waals surface area contributed by atoms with Gasteiger partial charge in [-0.15, -0.1) is 0 Å². The summed E-state index contributed by atoms with van der Waals surface area (Å²) in [6.07, 6.45) is 0.778. The van der Waals surface area contributed by atoms with Gasteiger partial charge in [0.15, 0.2) is 0 Å². The van der Waals surface area contributed by atoms with Gasteiger partial charge in [-0.25, -0.2) is 0 Å². The molecular formula is C11H15FN2O2. The van der Waals surface area contributed by atoms with Crippen LogP contribution in [-0.4, -0.2) is 10.5 Å². The Morgan fingerprint density at radius 2 is 2.12 bits per heavy atom. The van der Waals surface area contributed by atoms with Gasteiger partial charge < -0.3 is 5.32 Å². The highest BCUT2D eigenvalue weighted by Gasteiger charge is 2.24. The molecule has 1 aromatic rings. The first-order chi connectivity index (χ1) is 7.37. The summed E-state index contributed by atoms with van der Waals surface area (Å²) in [7, 11) is 0. The first-order valence-electron chi connectivity index (χ1n) is 5.08. The average Bonchev–Trinajstić information content (AvgIpc) is 2.16. The topological polar surface area (TPSA) is 55.2 Å². The Bertz CT molecular complexity index is 405. The smallest absolute Gasteiger partial charge is 0.327 e. The van der Waals surface area contributed by atoms with Gasteiger partial charge in [0.2, 0.25) is 5.82 Å². The van der Waals surface area contributed by atoms with Crippen molar-refractivity contribution in [2.75, 3.05) is 5.32 Å². The minimum absolute atomic E-state index is 0.219. The summed E-state index contributed by atoms with van der Waals surface area (Å²) in [5, 5.41) is 13.7. The van der Waals surface area contributed by atoms with Gasteiger partial charge in [-0.1, -0.05) is 13.0 Å². The van der Waals surface area contributed by atoms with Crippen LogP contribution in [0.25, 0.3) is 0 Å². The molecule has 1 N–H and O–H groups in total. The van der Waals surface area contributed by atoms with Crippen molar-refractivity contribution < 1.29 is 9.31 Å². The molecule has 0 spiro atoms. The Morgan fingerprint density at radius 3 is 2.62 bits per heavy atom. The molecule has 0 bridgehead atoms. The minimum atomic E-state index is -0.818. The first kappa shape index (κ1) is 12.4. The molecule has 4 nitrogen and oxygen atoms in total. The number of rotatable bonds is 4. The minimum Gasteiger partial charge on any atom is -0.375 e. The van der Waals surface area contributed by atoms with Crippen LogP contribution in [0.15, 0.2) is 18.2 Å². The number of halogens is 1. The number of nitro benzene ring substituents is 1. The molecule has 0 heterocycles. The fourth-order valence-electron chi connectivity index (χ4n) is 1.25. The molecule has 0 aliphatic rings. The molecule has 0 saturated carbocycles. The van der Waals surface area contributed by atoms with E-state index < -0.39 is 16.4 Å². The summed E-state index contributed by atoms with van der Waals surface area (Å²) >= 11 is 0. The molecule has 16 heavy (non-hydrogen) atoms. The van der Waals surface area contributed by atoms with Crippen LogP contribution >= 0.6 is 0 Å². The predicted molar refractivity (Wildman–Crippen MR) is 61.0 cm³/mol. The fraction of sp³-hybridized carbons (Fsp3) is 0.455. The van der Waals surface area contributed by atoms with Crippen molar-refractivity contribution in [1.82, 2.24) is 0 Å². The molecule has 0 amide bonds. The summed E-state index contributed by atoms with van der Waals surface area (Å²) in [6.45, 7) is 5.77. The van der Waals surface area contributed by atoms with Crippen molar-refractivity contribution in [2.45, 2.75) is 32.7 Å². The zero-order chi connectivity index (χ0) is 12.3. The van der Waals surface area contributed by atoms with Crippen LogP contribution in [0.2, 0.25) is 0 Å². The SMILES string of the molecule is CCC(C)(C)Nc1cccc(F)c1[N+](=O)[O-]. The standard InChI is InChI=1S/C11H15FN2O2/c1-4-11(2,3)13-9-7-5-6-8(12)10(9)14(15)16/h5-7,13H,4H2,1-3H3. The normalized spacial score (nSPS) is 11.2. The van der Waals surface area contributed by atoms with Crippen LogP contribution in [0.5, 0.6) is 0 Å². The lowest BCUT2D eigenvalue weighted by Crippen LogP contribution is -2.30. The van der Waals surface area contributed by atoms with E-state index in [4.69, 9.17) is 0 Å². The molecule has 1 aromatic carbocycles. The van der Waals surface area contributed by atoms with Crippen molar-refractivity contribution in [3.63, 3.8) is 0 Å². The quantitative estimate of drug-likeness (QED) is 0.632. The van der Waals surface area contributed by atoms with Crippen molar-refractivity contribution in [2.24, 2.45) is 0 Å². The number of nitrogens with zero attached hydrogens (tertiary/aromatic N) is 1. The molecule has 0 unspecified atom stereocenters. The lowest BCUT2D eigenvalue weighted by Gasteiger charge is -2.25. The molecular weight excluding hydrogens is 211 g/mol. The summed E-state index contributed by atoms with van der Waals surface area (Å²) in [4.78, 5) is 10.0. The van der Waals surface area contributed by atoms with Crippen molar-refractivity contribution in [1.29, 1.82) is 0 Å². The Hall–Kier alpha value is -1.65. The van der Waals surface area contributed by atoms with Gasteiger partial charge >= 0.3 is 5.69 Å². The van der Waals surface area contributed by atoms with E-state index in [1.807, 2.05) is 20.8 Å². The summed E-state index contributed by atoms with van der Waals surface area (Å²) < 4.78 is 13.3. The van der Waals surface area contributed by atoms with Gasteiger partial charge in [-0.2, -0.15) is 4.39 Å². The van der Waals surface area contributed by atoms with E-state index in [-0.39, 0.29) is 11.2 Å². The van der Waals surface area contributed by atoms with Gasteiger partial charge in [0.05, 0.1) is 4.92 Å². The second-order valence-electron chi connectivity index (χ2n) is 4.26. The second-order valence-corrected chi connectivity index (χ2v) is 4.26. The Labute approximate surface area is 93.6 Å². The second kappa shape index (κ2) is 4.47. The van der Waals surface area contributed by atoms with Crippen molar-refractivity contribution in [3.05, 3.63) is 34.1 Å². The number of anilines is 1. The first-order valence-corrected chi connectivity index (χ1v) is 5.08. The maximum Gasteiger partial charge on any atom is 0.327 e. The van der Waals surface area contributed by atoms with Gasteiger partial charge in [-0.3, -0.25) is 10.1 Å². The number of nitrogens with one attached hydrogen (secondary N) is 1. The van der Waals surface area contributed by atoms with Crippen LogP contribution in [0, 0.1) is 15.9 Å². The summed E-state index contributed by atoms with van der Waals surface area (Å²) in [5.74, 6) is -0.818.